The van der Waals surface area contributed by atoms with Crippen LogP contribution in [0.5, 0.6) is 5.75 Å². The average Bonchev–Trinajstić information content (AvgIpc) is 3.25. The molecule has 33 heavy (non-hydrogen) atoms. The van der Waals surface area contributed by atoms with Gasteiger partial charge in [0.1, 0.15) is 5.75 Å². The van der Waals surface area contributed by atoms with Crippen LogP contribution in [0, 0.1) is 0 Å². The Bertz CT molecular complexity index is 1330. The molecule has 0 unspecified atom stereocenters. The minimum Gasteiger partial charge on any atom is -0.494 e. The van der Waals surface area contributed by atoms with Gasteiger partial charge in [0.15, 0.2) is 0 Å². The molecule has 0 saturated heterocycles. The number of halogens is 2. The first-order valence-corrected chi connectivity index (χ1v) is 12.3. The summed E-state index contributed by atoms with van der Waals surface area (Å²) >= 11 is 11.9. The van der Waals surface area contributed by atoms with E-state index in [1.807, 2.05) is 19.1 Å². The molecule has 0 amide bonds. The van der Waals surface area contributed by atoms with E-state index in [1.54, 1.807) is 36.4 Å². The summed E-state index contributed by atoms with van der Waals surface area (Å²) in [6.07, 6.45) is 0. The second-order valence-corrected chi connectivity index (χ2v) is 9.79. The Labute approximate surface area is 202 Å². The highest BCUT2D eigenvalue weighted by Gasteiger charge is 2.28. The van der Waals surface area contributed by atoms with E-state index in [0.717, 1.165) is 5.56 Å². The Morgan fingerprint density at radius 1 is 0.909 bits per heavy atom. The number of oxazole rings is 1. The van der Waals surface area contributed by atoms with Crippen molar-refractivity contribution in [2.75, 3.05) is 11.9 Å². The highest BCUT2D eigenvalue weighted by Crippen LogP contribution is 2.33. The lowest BCUT2D eigenvalue weighted by atomic mass is 10.2. The van der Waals surface area contributed by atoms with Crippen LogP contribution in [0.4, 0.5) is 5.88 Å². The first-order valence-electron chi connectivity index (χ1n) is 10.1. The van der Waals surface area contributed by atoms with Gasteiger partial charge in [-0.15, -0.1) is 0 Å². The van der Waals surface area contributed by atoms with E-state index in [0.29, 0.717) is 34.5 Å². The average molecular weight is 503 g/mol. The van der Waals surface area contributed by atoms with Crippen molar-refractivity contribution in [2.24, 2.45) is 0 Å². The Balaban J connectivity index is 1.72. The molecule has 1 heterocycles. The van der Waals surface area contributed by atoms with Gasteiger partial charge in [0.05, 0.1) is 11.5 Å². The number of rotatable bonds is 8. The molecule has 4 rings (SSSR count). The molecule has 0 aliphatic rings. The SMILES string of the molecule is CCOc1ccc(-c2nc(S(=O)(=O)c3ccc(Cl)cc3)c(NCc3ccc(Cl)cc3)o2)cc1. The van der Waals surface area contributed by atoms with E-state index >= 15 is 0 Å². The summed E-state index contributed by atoms with van der Waals surface area (Å²) in [6, 6.07) is 20.2. The van der Waals surface area contributed by atoms with Gasteiger partial charge in [-0.3, -0.25) is 0 Å². The van der Waals surface area contributed by atoms with Crippen molar-refractivity contribution in [1.82, 2.24) is 4.98 Å². The number of aromatic nitrogens is 1. The molecule has 0 radical (unpaired) electrons. The zero-order valence-electron chi connectivity index (χ0n) is 17.6. The van der Waals surface area contributed by atoms with Crippen LogP contribution in [-0.2, 0) is 16.4 Å². The predicted octanol–water partition coefficient (Wildman–Crippen LogP) is 6.49. The Morgan fingerprint density at radius 3 is 2.12 bits per heavy atom. The summed E-state index contributed by atoms with van der Waals surface area (Å²) in [5.74, 6) is 0.913. The standard InChI is InChI=1S/C24H20Cl2N2O4S/c1-2-31-20-11-5-17(6-12-20)22-28-24(33(29,30)21-13-9-19(26)10-14-21)23(32-22)27-15-16-3-7-18(25)8-4-16/h3-14,27H,2,15H2,1H3. The van der Waals surface area contributed by atoms with E-state index in [9.17, 15) is 8.42 Å². The van der Waals surface area contributed by atoms with Gasteiger partial charge in [-0.25, -0.2) is 8.42 Å². The molecule has 0 aliphatic carbocycles. The number of nitrogens with one attached hydrogen (secondary N) is 1. The number of anilines is 1. The van der Waals surface area contributed by atoms with Gasteiger partial charge in [0.25, 0.3) is 0 Å². The van der Waals surface area contributed by atoms with Crippen LogP contribution >= 0.6 is 23.2 Å². The summed E-state index contributed by atoms with van der Waals surface area (Å²) < 4.78 is 38.1. The summed E-state index contributed by atoms with van der Waals surface area (Å²) in [4.78, 5) is 4.40. The van der Waals surface area contributed by atoms with Crippen LogP contribution in [0.3, 0.4) is 0 Å². The van der Waals surface area contributed by atoms with Crippen molar-refractivity contribution in [1.29, 1.82) is 0 Å². The zero-order chi connectivity index (χ0) is 23.4. The van der Waals surface area contributed by atoms with Crippen LogP contribution in [0.2, 0.25) is 10.0 Å². The predicted molar refractivity (Wildman–Crippen MR) is 129 cm³/mol. The van der Waals surface area contributed by atoms with Gasteiger partial charge >= 0.3 is 0 Å². The molecule has 0 aliphatic heterocycles. The van der Waals surface area contributed by atoms with Crippen LogP contribution in [0.1, 0.15) is 12.5 Å². The quantitative estimate of drug-likeness (QED) is 0.296. The fourth-order valence-electron chi connectivity index (χ4n) is 3.09. The van der Waals surface area contributed by atoms with Crippen molar-refractivity contribution in [3.05, 3.63) is 88.4 Å². The number of ether oxygens (including phenoxy) is 1. The lowest BCUT2D eigenvalue weighted by Crippen LogP contribution is -2.07. The van der Waals surface area contributed by atoms with E-state index in [4.69, 9.17) is 32.4 Å². The van der Waals surface area contributed by atoms with Gasteiger partial charge in [-0.05, 0) is 73.2 Å². The highest BCUT2D eigenvalue weighted by atomic mass is 35.5. The van der Waals surface area contributed by atoms with Gasteiger partial charge in [0, 0.05) is 22.2 Å². The smallest absolute Gasteiger partial charge is 0.234 e. The van der Waals surface area contributed by atoms with Crippen LogP contribution in [-0.4, -0.2) is 20.0 Å². The Morgan fingerprint density at radius 2 is 1.52 bits per heavy atom. The molecular formula is C24H20Cl2N2O4S. The third-order valence-corrected chi connectivity index (χ3v) is 6.94. The maximum absolute atomic E-state index is 13.4. The monoisotopic (exact) mass is 502 g/mol. The fourth-order valence-corrected chi connectivity index (χ4v) is 4.62. The van der Waals surface area contributed by atoms with Crippen molar-refractivity contribution in [3.63, 3.8) is 0 Å². The largest absolute Gasteiger partial charge is 0.494 e. The molecule has 0 bridgehead atoms. The number of hydrogen-bond donors (Lipinski definition) is 1. The second-order valence-electron chi connectivity index (χ2n) is 7.05. The van der Waals surface area contributed by atoms with E-state index in [-0.39, 0.29) is 21.7 Å². The maximum atomic E-state index is 13.4. The van der Waals surface area contributed by atoms with Crippen molar-refractivity contribution < 1.29 is 17.6 Å². The molecule has 3 aromatic carbocycles. The van der Waals surface area contributed by atoms with Gasteiger partial charge in [0.2, 0.25) is 26.6 Å². The molecule has 6 nitrogen and oxygen atoms in total. The minimum absolute atomic E-state index is 0.0452. The molecule has 4 aromatic rings. The van der Waals surface area contributed by atoms with Gasteiger partial charge in [-0.2, -0.15) is 4.98 Å². The first kappa shape index (κ1) is 23.2. The molecule has 1 aromatic heterocycles. The second kappa shape index (κ2) is 9.87. The van der Waals surface area contributed by atoms with Gasteiger partial charge < -0.3 is 14.5 Å². The fraction of sp³-hybridized carbons (Fsp3) is 0.125. The molecule has 9 heteroatoms. The summed E-state index contributed by atoms with van der Waals surface area (Å²) in [6.45, 7) is 2.76. The van der Waals surface area contributed by atoms with Crippen molar-refractivity contribution in [3.8, 4) is 17.2 Å². The first-order chi connectivity index (χ1) is 15.9. The number of sulfone groups is 1. The van der Waals surface area contributed by atoms with Crippen LogP contribution < -0.4 is 10.1 Å². The van der Waals surface area contributed by atoms with Gasteiger partial charge in [-0.1, -0.05) is 35.3 Å². The molecule has 1 N–H and O–H groups in total. The van der Waals surface area contributed by atoms with Crippen molar-refractivity contribution in [2.45, 2.75) is 23.4 Å². The third kappa shape index (κ3) is 5.33. The number of hydrogen-bond acceptors (Lipinski definition) is 6. The summed E-state index contributed by atoms with van der Waals surface area (Å²) in [5, 5.41) is 3.90. The van der Waals surface area contributed by atoms with E-state index < -0.39 is 9.84 Å². The topological polar surface area (TPSA) is 81.4 Å². The number of nitrogens with zero attached hydrogens (tertiary/aromatic N) is 1. The number of benzene rings is 3. The van der Waals surface area contributed by atoms with Crippen molar-refractivity contribution >= 4 is 38.9 Å². The van der Waals surface area contributed by atoms with E-state index in [1.165, 1.54) is 24.3 Å². The lowest BCUT2D eigenvalue weighted by molar-refractivity contribution is 0.340. The molecule has 0 atom stereocenters. The van der Waals surface area contributed by atoms with E-state index in [2.05, 4.69) is 10.3 Å². The molecule has 0 saturated carbocycles. The molecule has 0 spiro atoms. The third-order valence-electron chi connectivity index (χ3n) is 4.75. The normalized spacial score (nSPS) is 11.4. The minimum atomic E-state index is -3.97. The highest BCUT2D eigenvalue weighted by molar-refractivity contribution is 7.91. The van der Waals surface area contributed by atoms with Crippen LogP contribution in [0.25, 0.3) is 11.5 Å². The Kier molecular flexibility index (Phi) is 6.93. The summed E-state index contributed by atoms with van der Waals surface area (Å²) in [7, 11) is -3.97. The molecule has 170 valence electrons. The zero-order valence-corrected chi connectivity index (χ0v) is 19.9. The summed E-state index contributed by atoms with van der Waals surface area (Å²) in [5.41, 5.74) is 1.51. The Hall–Kier alpha value is -3.00. The van der Waals surface area contributed by atoms with Crippen LogP contribution in [0.15, 0.2) is 87.1 Å². The maximum Gasteiger partial charge on any atom is 0.234 e. The molecule has 0 fully saturated rings. The lowest BCUT2D eigenvalue weighted by Gasteiger charge is -2.06. The molecular weight excluding hydrogens is 483 g/mol.